The van der Waals surface area contributed by atoms with Crippen LogP contribution in [-0.4, -0.2) is 0 Å². The van der Waals surface area contributed by atoms with E-state index in [1.807, 2.05) is 0 Å². The monoisotopic (exact) mass is 164 g/mol. The molecule has 0 heteroatoms. The molecule has 0 radical (unpaired) electrons. The summed E-state index contributed by atoms with van der Waals surface area (Å²) in [5, 5.41) is 0. The van der Waals surface area contributed by atoms with Gasteiger partial charge in [0.05, 0.1) is 0 Å². The summed E-state index contributed by atoms with van der Waals surface area (Å²) in [5.41, 5.74) is 0.877. The summed E-state index contributed by atoms with van der Waals surface area (Å²) in [6.07, 6.45) is 11.0. The maximum atomic E-state index is 2.47. The molecule has 4 atom stereocenters. The highest BCUT2D eigenvalue weighted by Crippen LogP contribution is 2.67. The Kier molecular flexibility index (Phi) is 1.40. The fourth-order valence-corrected chi connectivity index (χ4v) is 4.24. The summed E-state index contributed by atoms with van der Waals surface area (Å²) in [4.78, 5) is 0. The Morgan fingerprint density at radius 1 is 1.17 bits per heavy atom. The molecule has 1 spiro atoms. The van der Waals surface area contributed by atoms with Crippen molar-refractivity contribution >= 4 is 0 Å². The summed E-state index contributed by atoms with van der Waals surface area (Å²) in [7, 11) is 0. The molecule has 3 fully saturated rings. The lowest BCUT2D eigenvalue weighted by atomic mass is 9.67. The number of rotatable bonds is 0. The second-order valence-corrected chi connectivity index (χ2v) is 5.70. The number of hydrogen-bond donors (Lipinski definition) is 0. The lowest BCUT2D eigenvalue weighted by molar-refractivity contribution is 0.125. The lowest BCUT2D eigenvalue weighted by Gasteiger charge is -2.38. The molecule has 0 nitrogen and oxygen atoms in total. The molecule has 12 heavy (non-hydrogen) atoms. The fourth-order valence-electron chi connectivity index (χ4n) is 4.24. The molecule has 3 rings (SSSR count). The average Bonchev–Trinajstić information content (AvgIpc) is 2.75. The molecule has 68 valence electrons. The van der Waals surface area contributed by atoms with Gasteiger partial charge in [0.15, 0.2) is 0 Å². The molecular formula is C12H20. The predicted octanol–water partition coefficient (Wildman–Crippen LogP) is 3.61. The van der Waals surface area contributed by atoms with E-state index in [1.54, 1.807) is 32.1 Å². The van der Waals surface area contributed by atoms with Crippen LogP contribution in [0.2, 0.25) is 0 Å². The van der Waals surface area contributed by atoms with Crippen molar-refractivity contribution in [1.82, 2.24) is 0 Å². The van der Waals surface area contributed by atoms with Crippen molar-refractivity contribution in [3.63, 3.8) is 0 Å². The maximum Gasteiger partial charge on any atom is -0.0264 e. The van der Waals surface area contributed by atoms with E-state index >= 15 is 0 Å². The SMILES string of the molecule is CC1CCCC2(CCC3CC32)C1. The van der Waals surface area contributed by atoms with Crippen LogP contribution in [0.3, 0.4) is 0 Å². The molecule has 0 saturated heterocycles. The highest BCUT2D eigenvalue weighted by atomic mass is 14.6. The van der Waals surface area contributed by atoms with Crippen LogP contribution in [0, 0.1) is 23.2 Å². The zero-order chi connectivity index (χ0) is 8.18. The van der Waals surface area contributed by atoms with Crippen molar-refractivity contribution in [3.05, 3.63) is 0 Å². The minimum atomic E-state index is 0.877. The second-order valence-electron chi connectivity index (χ2n) is 5.70. The molecule has 3 saturated carbocycles. The smallest absolute Gasteiger partial charge is 0.0264 e. The summed E-state index contributed by atoms with van der Waals surface area (Å²) in [5.74, 6) is 3.42. The van der Waals surface area contributed by atoms with E-state index in [4.69, 9.17) is 0 Å². The Hall–Kier alpha value is 0. The van der Waals surface area contributed by atoms with Crippen molar-refractivity contribution in [2.24, 2.45) is 23.2 Å². The molecule has 0 aromatic heterocycles. The lowest BCUT2D eigenvalue weighted by Crippen LogP contribution is -2.27. The van der Waals surface area contributed by atoms with Crippen molar-refractivity contribution in [2.45, 2.75) is 51.9 Å². The van der Waals surface area contributed by atoms with Gasteiger partial charge in [-0.3, -0.25) is 0 Å². The molecule has 0 N–H and O–H groups in total. The molecule has 0 aromatic rings. The quantitative estimate of drug-likeness (QED) is 0.513. The third-order valence-electron chi connectivity index (χ3n) is 4.85. The van der Waals surface area contributed by atoms with Crippen LogP contribution in [0.4, 0.5) is 0 Å². The average molecular weight is 164 g/mol. The van der Waals surface area contributed by atoms with Crippen LogP contribution in [0.5, 0.6) is 0 Å². The molecule has 4 unspecified atom stereocenters. The maximum absolute atomic E-state index is 2.47. The van der Waals surface area contributed by atoms with Gasteiger partial charge in [-0.05, 0) is 55.3 Å². The number of fused-ring (bicyclic) bond motifs is 2. The summed E-state index contributed by atoms with van der Waals surface area (Å²) >= 11 is 0. The van der Waals surface area contributed by atoms with Crippen molar-refractivity contribution in [3.8, 4) is 0 Å². The summed E-state index contributed by atoms with van der Waals surface area (Å²) in [6.45, 7) is 2.47. The highest BCUT2D eigenvalue weighted by molar-refractivity contribution is 5.07. The van der Waals surface area contributed by atoms with Gasteiger partial charge in [-0.25, -0.2) is 0 Å². The second kappa shape index (κ2) is 2.27. The first-order chi connectivity index (χ1) is 5.80. The normalized spacial score (nSPS) is 57.2. The van der Waals surface area contributed by atoms with Gasteiger partial charge in [0.1, 0.15) is 0 Å². The molecule has 0 amide bonds. The van der Waals surface area contributed by atoms with Crippen LogP contribution in [0.1, 0.15) is 51.9 Å². The Morgan fingerprint density at radius 2 is 2.08 bits per heavy atom. The van der Waals surface area contributed by atoms with E-state index in [2.05, 4.69) is 6.92 Å². The van der Waals surface area contributed by atoms with Gasteiger partial charge in [0, 0.05) is 0 Å². The van der Waals surface area contributed by atoms with Crippen LogP contribution < -0.4 is 0 Å². The van der Waals surface area contributed by atoms with Crippen LogP contribution in [-0.2, 0) is 0 Å². The van der Waals surface area contributed by atoms with E-state index in [9.17, 15) is 0 Å². The molecule has 3 aliphatic carbocycles. The van der Waals surface area contributed by atoms with E-state index in [-0.39, 0.29) is 0 Å². The van der Waals surface area contributed by atoms with E-state index < -0.39 is 0 Å². The molecule has 0 aliphatic heterocycles. The van der Waals surface area contributed by atoms with Gasteiger partial charge in [-0.2, -0.15) is 0 Å². The standard InChI is InChI=1S/C12H20/c1-9-3-2-5-12(8-9)6-4-10-7-11(10)12/h9-11H,2-8H2,1H3. The summed E-state index contributed by atoms with van der Waals surface area (Å²) < 4.78 is 0. The van der Waals surface area contributed by atoms with Crippen molar-refractivity contribution < 1.29 is 0 Å². The topological polar surface area (TPSA) is 0 Å². The molecular weight excluding hydrogens is 144 g/mol. The van der Waals surface area contributed by atoms with Gasteiger partial charge in [-0.15, -0.1) is 0 Å². The third-order valence-corrected chi connectivity index (χ3v) is 4.85. The Morgan fingerprint density at radius 3 is 2.67 bits per heavy atom. The third kappa shape index (κ3) is 0.900. The van der Waals surface area contributed by atoms with Gasteiger partial charge in [0.25, 0.3) is 0 Å². The minimum absolute atomic E-state index is 0.877. The van der Waals surface area contributed by atoms with Crippen LogP contribution in [0.15, 0.2) is 0 Å². The zero-order valence-corrected chi connectivity index (χ0v) is 8.18. The van der Waals surface area contributed by atoms with Crippen molar-refractivity contribution in [1.29, 1.82) is 0 Å². The van der Waals surface area contributed by atoms with Crippen molar-refractivity contribution in [2.75, 3.05) is 0 Å². The van der Waals surface area contributed by atoms with Gasteiger partial charge in [0.2, 0.25) is 0 Å². The first-order valence-electron chi connectivity index (χ1n) is 5.80. The van der Waals surface area contributed by atoms with Crippen LogP contribution >= 0.6 is 0 Å². The molecule has 3 aliphatic rings. The van der Waals surface area contributed by atoms with E-state index in [0.717, 1.165) is 11.3 Å². The first kappa shape index (κ1) is 7.41. The number of hydrogen-bond acceptors (Lipinski definition) is 0. The Balaban J connectivity index is 1.80. The first-order valence-corrected chi connectivity index (χ1v) is 5.80. The highest BCUT2D eigenvalue weighted by Gasteiger charge is 2.57. The van der Waals surface area contributed by atoms with E-state index in [1.165, 1.54) is 24.7 Å². The predicted molar refractivity (Wildman–Crippen MR) is 50.9 cm³/mol. The minimum Gasteiger partial charge on any atom is -0.0625 e. The largest absolute Gasteiger partial charge is 0.0625 e. The zero-order valence-electron chi connectivity index (χ0n) is 8.18. The Bertz CT molecular complexity index is 196. The van der Waals surface area contributed by atoms with Gasteiger partial charge < -0.3 is 0 Å². The summed E-state index contributed by atoms with van der Waals surface area (Å²) in [6, 6.07) is 0. The van der Waals surface area contributed by atoms with E-state index in [0.29, 0.717) is 0 Å². The molecule has 0 heterocycles. The van der Waals surface area contributed by atoms with Gasteiger partial charge >= 0.3 is 0 Å². The Labute approximate surface area is 75.7 Å². The molecule has 0 bridgehead atoms. The van der Waals surface area contributed by atoms with Crippen LogP contribution in [0.25, 0.3) is 0 Å². The fraction of sp³-hybridized carbons (Fsp3) is 1.00. The molecule has 0 aromatic carbocycles. The van der Waals surface area contributed by atoms with Gasteiger partial charge in [-0.1, -0.05) is 19.8 Å².